The van der Waals surface area contributed by atoms with Crippen LogP contribution in [0.15, 0.2) is 36.4 Å². The van der Waals surface area contributed by atoms with Gasteiger partial charge in [0.1, 0.15) is 17.2 Å². The number of nitro groups is 1. The molecule has 0 aromatic heterocycles. The molecule has 0 aliphatic carbocycles. The van der Waals surface area contributed by atoms with Crippen molar-refractivity contribution in [2.45, 2.75) is 20.3 Å². The molecule has 1 fully saturated rings. The number of para-hydroxylation sites is 2. The first-order valence-electron chi connectivity index (χ1n) is 11.1. The van der Waals surface area contributed by atoms with Crippen LogP contribution in [0.3, 0.4) is 0 Å². The highest BCUT2D eigenvalue weighted by Gasteiger charge is 2.20. The average Bonchev–Trinajstić information content (AvgIpc) is 2.81. The van der Waals surface area contributed by atoms with Gasteiger partial charge in [0.2, 0.25) is 5.91 Å². The Hall–Kier alpha value is -3.53. The zero-order valence-corrected chi connectivity index (χ0v) is 19.0. The van der Waals surface area contributed by atoms with E-state index in [9.17, 15) is 14.9 Å². The smallest absolute Gasteiger partial charge is 0.292 e. The van der Waals surface area contributed by atoms with Crippen LogP contribution in [0.1, 0.15) is 20.3 Å². The molecule has 0 radical (unpaired) electrons. The first-order valence-corrected chi connectivity index (χ1v) is 11.1. The number of nitrogens with one attached hydrogen (secondary N) is 2. The van der Waals surface area contributed by atoms with Gasteiger partial charge >= 0.3 is 0 Å². The summed E-state index contributed by atoms with van der Waals surface area (Å²) < 4.78 is 17.1. The molecule has 1 aliphatic heterocycles. The Bertz CT molecular complexity index is 962. The van der Waals surface area contributed by atoms with E-state index in [1.54, 1.807) is 24.3 Å². The minimum absolute atomic E-state index is 0.0309. The molecule has 2 N–H and O–H groups in total. The van der Waals surface area contributed by atoms with Gasteiger partial charge in [0.15, 0.2) is 0 Å². The maximum absolute atomic E-state index is 12.6. The van der Waals surface area contributed by atoms with Crippen molar-refractivity contribution in [1.82, 2.24) is 0 Å². The van der Waals surface area contributed by atoms with Gasteiger partial charge in [0.25, 0.3) is 5.69 Å². The number of nitrogens with zero attached hydrogens (tertiary/aromatic N) is 2. The summed E-state index contributed by atoms with van der Waals surface area (Å²) in [6, 6.07) is 10.0. The molecule has 1 saturated heterocycles. The summed E-state index contributed by atoms with van der Waals surface area (Å²) in [6.45, 7) is 7.73. The lowest BCUT2D eigenvalue weighted by Crippen LogP contribution is -2.36. The number of carbonyl (C=O) groups excluding carboxylic acids is 1. The van der Waals surface area contributed by atoms with Gasteiger partial charge in [-0.15, -0.1) is 0 Å². The fourth-order valence-electron chi connectivity index (χ4n) is 3.55. The van der Waals surface area contributed by atoms with Crippen LogP contribution in [0.25, 0.3) is 0 Å². The molecule has 0 spiro atoms. The maximum Gasteiger partial charge on any atom is 0.292 e. The van der Waals surface area contributed by atoms with E-state index >= 15 is 0 Å². The number of nitro benzene ring substituents is 1. The Morgan fingerprint density at radius 1 is 1.09 bits per heavy atom. The molecule has 0 unspecified atom stereocenters. The Morgan fingerprint density at radius 3 is 2.48 bits per heavy atom. The van der Waals surface area contributed by atoms with Crippen molar-refractivity contribution < 1.29 is 23.9 Å². The predicted octanol–water partition coefficient (Wildman–Crippen LogP) is 3.67. The second kappa shape index (κ2) is 11.9. The van der Waals surface area contributed by atoms with Gasteiger partial charge in [-0.1, -0.05) is 12.1 Å². The summed E-state index contributed by atoms with van der Waals surface area (Å²) in [6.07, 6.45) is 0.118. The highest BCUT2D eigenvalue weighted by molar-refractivity contribution is 5.93. The van der Waals surface area contributed by atoms with Crippen LogP contribution in [0.5, 0.6) is 11.5 Å². The Morgan fingerprint density at radius 2 is 1.79 bits per heavy atom. The molecule has 178 valence electrons. The lowest BCUT2D eigenvalue weighted by molar-refractivity contribution is -0.384. The largest absolute Gasteiger partial charge is 0.492 e. The summed E-state index contributed by atoms with van der Waals surface area (Å²) in [5.74, 6) is 0.974. The van der Waals surface area contributed by atoms with E-state index in [0.717, 1.165) is 18.8 Å². The highest BCUT2D eigenvalue weighted by atomic mass is 16.6. The number of hydrogen-bond donors (Lipinski definition) is 2. The number of carbonyl (C=O) groups is 1. The van der Waals surface area contributed by atoms with E-state index in [1.807, 2.05) is 19.9 Å². The molecule has 0 atom stereocenters. The van der Waals surface area contributed by atoms with Crippen LogP contribution in [0.4, 0.5) is 22.7 Å². The van der Waals surface area contributed by atoms with Crippen LogP contribution in [-0.4, -0.2) is 56.9 Å². The molecular weight excluding hydrogens is 428 g/mol. The first kappa shape index (κ1) is 24.1. The minimum atomic E-state index is -0.456. The molecule has 1 heterocycles. The third kappa shape index (κ3) is 6.48. The molecule has 10 nitrogen and oxygen atoms in total. The van der Waals surface area contributed by atoms with Crippen molar-refractivity contribution in [3.63, 3.8) is 0 Å². The second-order valence-electron chi connectivity index (χ2n) is 7.28. The Balaban J connectivity index is 1.71. The zero-order valence-electron chi connectivity index (χ0n) is 19.0. The normalized spacial score (nSPS) is 13.3. The van der Waals surface area contributed by atoms with Crippen LogP contribution < -0.4 is 25.0 Å². The molecule has 0 bridgehead atoms. The van der Waals surface area contributed by atoms with E-state index in [1.165, 1.54) is 6.07 Å². The lowest BCUT2D eigenvalue weighted by Gasteiger charge is -2.31. The van der Waals surface area contributed by atoms with Crippen LogP contribution >= 0.6 is 0 Å². The number of anilines is 3. The van der Waals surface area contributed by atoms with E-state index in [2.05, 4.69) is 15.5 Å². The molecule has 1 amide bonds. The quantitative estimate of drug-likeness (QED) is 0.387. The van der Waals surface area contributed by atoms with Crippen molar-refractivity contribution in [2.24, 2.45) is 0 Å². The van der Waals surface area contributed by atoms with Crippen molar-refractivity contribution in [1.29, 1.82) is 0 Å². The van der Waals surface area contributed by atoms with Gasteiger partial charge in [0, 0.05) is 44.3 Å². The zero-order chi connectivity index (χ0) is 23.6. The van der Waals surface area contributed by atoms with E-state index in [-0.39, 0.29) is 24.6 Å². The third-order valence-corrected chi connectivity index (χ3v) is 5.05. The predicted molar refractivity (Wildman–Crippen MR) is 127 cm³/mol. The number of rotatable bonds is 11. The van der Waals surface area contributed by atoms with Gasteiger partial charge in [-0.05, 0) is 19.9 Å². The molecule has 2 aromatic carbocycles. The Labute approximate surface area is 193 Å². The fourth-order valence-corrected chi connectivity index (χ4v) is 3.55. The highest BCUT2D eigenvalue weighted by Crippen LogP contribution is 2.39. The molecule has 2 aromatic rings. The summed E-state index contributed by atoms with van der Waals surface area (Å²) in [7, 11) is 0. The summed E-state index contributed by atoms with van der Waals surface area (Å²) in [5, 5.41) is 17.0. The van der Waals surface area contributed by atoms with Crippen molar-refractivity contribution in [3.05, 3.63) is 46.5 Å². The number of amides is 1. The molecule has 33 heavy (non-hydrogen) atoms. The van der Waals surface area contributed by atoms with Crippen molar-refractivity contribution in [2.75, 3.05) is 61.6 Å². The SMILES string of the molecule is CCOc1cc(N2CCOCC2)c(OCC)cc1NC(=O)CCNc1ccccc1[N+](=O)[O-]. The second-order valence-corrected chi connectivity index (χ2v) is 7.28. The van der Waals surface area contributed by atoms with Crippen molar-refractivity contribution in [3.8, 4) is 11.5 Å². The summed E-state index contributed by atoms with van der Waals surface area (Å²) in [5.41, 5.74) is 1.77. The van der Waals surface area contributed by atoms with Crippen LogP contribution in [0.2, 0.25) is 0 Å². The molecule has 10 heteroatoms. The number of benzene rings is 2. The first-order chi connectivity index (χ1) is 16.0. The summed E-state index contributed by atoms with van der Waals surface area (Å²) in [4.78, 5) is 25.5. The minimum Gasteiger partial charge on any atom is -0.492 e. The maximum atomic E-state index is 12.6. The van der Waals surface area contributed by atoms with Gasteiger partial charge in [0.05, 0.1) is 42.7 Å². The fraction of sp³-hybridized carbons (Fsp3) is 0.435. The molecule has 3 rings (SSSR count). The van der Waals surface area contributed by atoms with Crippen LogP contribution in [-0.2, 0) is 9.53 Å². The topological polar surface area (TPSA) is 115 Å². The molecule has 0 saturated carbocycles. The van der Waals surface area contributed by atoms with Crippen LogP contribution in [0, 0.1) is 10.1 Å². The monoisotopic (exact) mass is 458 g/mol. The molecule has 1 aliphatic rings. The number of morpholine rings is 1. The average molecular weight is 459 g/mol. The van der Waals surface area contributed by atoms with Crippen molar-refractivity contribution >= 4 is 28.7 Å². The van der Waals surface area contributed by atoms with Gasteiger partial charge in [-0.3, -0.25) is 14.9 Å². The van der Waals surface area contributed by atoms with E-state index in [4.69, 9.17) is 14.2 Å². The summed E-state index contributed by atoms with van der Waals surface area (Å²) >= 11 is 0. The number of hydrogen-bond acceptors (Lipinski definition) is 8. The number of ether oxygens (including phenoxy) is 3. The van der Waals surface area contributed by atoms with Gasteiger partial charge in [-0.25, -0.2) is 0 Å². The van der Waals surface area contributed by atoms with E-state index < -0.39 is 4.92 Å². The van der Waals surface area contributed by atoms with Gasteiger partial charge in [-0.2, -0.15) is 0 Å². The van der Waals surface area contributed by atoms with Gasteiger partial charge < -0.3 is 29.7 Å². The van der Waals surface area contributed by atoms with E-state index in [0.29, 0.717) is 49.3 Å². The Kier molecular flexibility index (Phi) is 8.71. The standard InChI is InChI=1S/C23H30N4O6/c1-3-32-21-16-20(26-11-13-31-14-12-26)22(33-4-2)15-18(21)25-23(28)9-10-24-17-7-5-6-8-19(17)27(29)30/h5-8,15-16,24H,3-4,9-14H2,1-2H3,(H,25,28). The molecular formula is C23H30N4O6. The lowest BCUT2D eigenvalue weighted by atomic mass is 10.2. The third-order valence-electron chi connectivity index (χ3n) is 5.05.